The van der Waals surface area contributed by atoms with Crippen molar-refractivity contribution in [1.29, 1.82) is 0 Å². The molecular formula is C23H27BN2O5. The number of hydrogen-bond acceptors (Lipinski definition) is 5. The summed E-state index contributed by atoms with van der Waals surface area (Å²) in [5, 5.41) is 5.47. The van der Waals surface area contributed by atoms with Crippen molar-refractivity contribution < 1.29 is 23.7 Å². The zero-order chi connectivity index (χ0) is 22.5. The molecule has 2 amide bonds. The molecule has 0 saturated carbocycles. The summed E-state index contributed by atoms with van der Waals surface area (Å²) in [6.07, 6.45) is 0.538. The van der Waals surface area contributed by atoms with Crippen molar-refractivity contribution >= 4 is 24.9 Å². The number of carbonyl (C=O) groups excluding carboxylic acids is 3. The molecule has 0 unspecified atom stereocenters. The van der Waals surface area contributed by atoms with E-state index < -0.39 is 19.0 Å². The van der Waals surface area contributed by atoms with Gasteiger partial charge in [0.05, 0.1) is 18.0 Å². The predicted molar refractivity (Wildman–Crippen MR) is 118 cm³/mol. The van der Waals surface area contributed by atoms with Gasteiger partial charge in [0.25, 0.3) is 5.91 Å². The van der Waals surface area contributed by atoms with E-state index in [1.54, 1.807) is 30.3 Å². The van der Waals surface area contributed by atoms with Crippen LogP contribution in [0, 0.1) is 19.8 Å². The highest BCUT2D eigenvalue weighted by atomic mass is 16.6. The molecule has 1 heterocycles. The fraction of sp³-hybridized carbons (Fsp3) is 0.348. The third-order valence-corrected chi connectivity index (χ3v) is 4.91. The Morgan fingerprint density at radius 2 is 1.77 bits per heavy atom. The molecule has 0 radical (unpaired) electrons. The van der Waals surface area contributed by atoms with Gasteiger partial charge in [-0.05, 0) is 56.0 Å². The maximum atomic E-state index is 12.5. The summed E-state index contributed by atoms with van der Waals surface area (Å²) in [5.41, 5.74) is 2.77. The van der Waals surface area contributed by atoms with Crippen LogP contribution in [0.4, 0.5) is 0 Å². The average Bonchev–Trinajstić information content (AvgIpc) is 2.70. The van der Waals surface area contributed by atoms with E-state index in [1.807, 2.05) is 39.8 Å². The van der Waals surface area contributed by atoms with Gasteiger partial charge in [0.15, 0.2) is 0 Å². The Labute approximate surface area is 182 Å². The molecule has 0 spiro atoms. The lowest BCUT2D eigenvalue weighted by molar-refractivity contribution is -0.120. The van der Waals surface area contributed by atoms with E-state index in [0.29, 0.717) is 23.3 Å². The summed E-state index contributed by atoms with van der Waals surface area (Å²) in [7, 11) is -0.944. The first-order valence-electron chi connectivity index (χ1n) is 10.4. The quantitative estimate of drug-likeness (QED) is 0.670. The van der Waals surface area contributed by atoms with Crippen LogP contribution < -0.4 is 15.3 Å². The highest BCUT2D eigenvalue weighted by Crippen LogP contribution is 2.27. The summed E-state index contributed by atoms with van der Waals surface area (Å²) in [6, 6.07) is 12.4. The second-order valence-corrected chi connectivity index (χ2v) is 8.25. The molecule has 2 aromatic carbocycles. The van der Waals surface area contributed by atoms with Gasteiger partial charge in [-0.2, -0.15) is 0 Å². The van der Waals surface area contributed by atoms with E-state index in [2.05, 4.69) is 10.6 Å². The molecule has 2 N–H and O–H groups in total. The van der Waals surface area contributed by atoms with Crippen molar-refractivity contribution in [3.8, 4) is 5.75 Å². The van der Waals surface area contributed by atoms with E-state index in [0.717, 1.165) is 11.1 Å². The minimum atomic E-state index is -0.944. The lowest BCUT2D eigenvalue weighted by atomic mass is 9.72. The van der Waals surface area contributed by atoms with Gasteiger partial charge in [-0.15, -0.1) is 0 Å². The molecule has 0 fully saturated rings. The SMILES string of the molecule is Cc1cccc(C(=O)NCC(=O)N[C@@H](CC(C)C)B2OC(=O)c3ccc(C)cc3O2)c1. The molecule has 8 heteroatoms. The standard InChI is InChI=1S/C23H27BN2O5/c1-14(2)10-20(24-30-19-12-16(4)8-9-18(19)23(29)31-24)26-21(27)13-25-22(28)17-7-5-6-15(3)11-17/h5-9,11-12,14,20H,10,13H2,1-4H3,(H,25,28)(H,26,27)/t20-/m0/s1. The van der Waals surface area contributed by atoms with E-state index in [4.69, 9.17) is 9.31 Å². The Kier molecular flexibility index (Phi) is 7.00. The maximum Gasteiger partial charge on any atom is 0.620 e. The molecule has 2 aromatic rings. The third kappa shape index (κ3) is 5.87. The molecule has 31 heavy (non-hydrogen) atoms. The van der Waals surface area contributed by atoms with Crippen LogP contribution in [0.25, 0.3) is 0 Å². The molecule has 1 aliphatic rings. The second kappa shape index (κ2) is 9.68. The van der Waals surface area contributed by atoms with Crippen LogP contribution >= 0.6 is 0 Å². The van der Waals surface area contributed by atoms with E-state index in [1.165, 1.54) is 0 Å². The lowest BCUT2D eigenvalue weighted by Gasteiger charge is -2.29. The summed E-state index contributed by atoms with van der Waals surface area (Å²) in [4.78, 5) is 37.2. The number of carbonyl (C=O) groups is 3. The average molecular weight is 422 g/mol. The van der Waals surface area contributed by atoms with E-state index in [9.17, 15) is 14.4 Å². The molecule has 0 aromatic heterocycles. The minimum Gasteiger partial charge on any atom is -0.524 e. The predicted octanol–water partition coefficient (Wildman–Crippen LogP) is 2.84. The van der Waals surface area contributed by atoms with Crippen molar-refractivity contribution in [2.45, 2.75) is 40.1 Å². The van der Waals surface area contributed by atoms with Crippen molar-refractivity contribution in [3.63, 3.8) is 0 Å². The number of hydrogen-bond donors (Lipinski definition) is 2. The smallest absolute Gasteiger partial charge is 0.524 e. The highest BCUT2D eigenvalue weighted by molar-refractivity contribution is 6.51. The number of benzene rings is 2. The van der Waals surface area contributed by atoms with Gasteiger partial charge < -0.3 is 19.9 Å². The largest absolute Gasteiger partial charge is 0.620 e. The summed E-state index contributed by atoms with van der Waals surface area (Å²) in [6.45, 7) is 7.61. The number of aryl methyl sites for hydroxylation is 2. The first-order valence-corrected chi connectivity index (χ1v) is 10.4. The molecule has 1 atom stereocenters. The Balaban J connectivity index is 1.65. The van der Waals surface area contributed by atoms with Crippen LogP contribution in [0.2, 0.25) is 0 Å². The molecule has 0 aliphatic carbocycles. The third-order valence-electron chi connectivity index (χ3n) is 4.91. The van der Waals surface area contributed by atoms with Crippen LogP contribution in [-0.4, -0.2) is 37.4 Å². The fourth-order valence-corrected chi connectivity index (χ4v) is 3.43. The zero-order valence-electron chi connectivity index (χ0n) is 18.2. The molecule has 162 valence electrons. The lowest BCUT2D eigenvalue weighted by Crippen LogP contribution is -2.55. The van der Waals surface area contributed by atoms with Gasteiger partial charge in [0.1, 0.15) is 5.75 Å². The number of fused-ring (bicyclic) bond motifs is 1. The van der Waals surface area contributed by atoms with Crippen LogP contribution in [0.5, 0.6) is 5.75 Å². The zero-order valence-corrected chi connectivity index (χ0v) is 18.2. The normalized spacial score (nSPS) is 13.7. The van der Waals surface area contributed by atoms with Gasteiger partial charge in [-0.3, -0.25) is 9.59 Å². The highest BCUT2D eigenvalue weighted by Gasteiger charge is 2.42. The molecule has 7 nitrogen and oxygen atoms in total. The molecule has 0 bridgehead atoms. The maximum absolute atomic E-state index is 12.5. The molecule has 3 rings (SSSR count). The Bertz CT molecular complexity index is 992. The van der Waals surface area contributed by atoms with Crippen molar-refractivity contribution in [3.05, 3.63) is 64.7 Å². The van der Waals surface area contributed by atoms with Crippen LogP contribution in [0.15, 0.2) is 42.5 Å². The van der Waals surface area contributed by atoms with Crippen LogP contribution in [0.3, 0.4) is 0 Å². The number of amides is 2. The molecule has 0 saturated heterocycles. The topological polar surface area (TPSA) is 93.7 Å². The Morgan fingerprint density at radius 3 is 2.48 bits per heavy atom. The van der Waals surface area contributed by atoms with Crippen molar-refractivity contribution in [2.75, 3.05) is 6.54 Å². The first-order chi connectivity index (χ1) is 14.7. The summed E-state index contributed by atoms with van der Waals surface area (Å²) >= 11 is 0. The Hall–Kier alpha value is -3.29. The number of rotatable bonds is 7. The minimum absolute atomic E-state index is 0.197. The van der Waals surface area contributed by atoms with Gasteiger partial charge >= 0.3 is 13.1 Å². The van der Waals surface area contributed by atoms with Crippen LogP contribution in [0.1, 0.15) is 52.1 Å². The first kappa shape index (κ1) is 22.4. The monoisotopic (exact) mass is 422 g/mol. The molecular weight excluding hydrogens is 395 g/mol. The summed E-state index contributed by atoms with van der Waals surface area (Å²) < 4.78 is 11.4. The molecule has 1 aliphatic heterocycles. The van der Waals surface area contributed by atoms with Crippen molar-refractivity contribution in [1.82, 2.24) is 10.6 Å². The van der Waals surface area contributed by atoms with Gasteiger partial charge in [-0.25, -0.2) is 4.79 Å². The second-order valence-electron chi connectivity index (χ2n) is 8.25. The van der Waals surface area contributed by atoms with Crippen molar-refractivity contribution in [2.24, 2.45) is 5.92 Å². The van der Waals surface area contributed by atoms with Gasteiger partial charge in [0, 0.05) is 5.56 Å². The van der Waals surface area contributed by atoms with E-state index in [-0.39, 0.29) is 24.3 Å². The number of nitrogens with one attached hydrogen (secondary N) is 2. The van der Waals surface area contributed by atoms with Crippen LogP contribution in [-0.2, 0) is 9.45 Å². The Morgan fingerprint density at radius 1 is 1.03 bits per heavy atom. The van der Waals surface area contributed by atoms with Gasteiger partial charge in [0.2, 0.25) is 5.91 Å². The fourth-order valence-electron chi connectivity index (χ4n) is 3.43. The van der Waals surface area contributed by atoms with Gasteiger partial charge in [-0.1, -0.05) is 37.6 Å². The summed E-state index contributed by atoms with van der Waals surface area (Å²) in [5.74, 6) is -1.10. The van der Waals surface area contributed by atoms with E-state index >= 15 is 0 Å².